The second kappa shape index (κ2) is 15.2. The van der Waals surface area contributed by atoms with Gasteiger partial charge in [-0.3, -0.25) is 0 Å². The number of hydrogen-bond donors (Lipinski definition) is 3. The van der Waals surface area contributed by atoms with Crippen LogP contribution in [0.25, 0.3) is 0 Å². The number of nitro groups is 2. The fourth-order valence-electron chi connectivity index (χ4n) is 2.68. The Balaban J connectivity index is 0.000000260. The van der Waals surface area contributed by atoms with Gasteiger partial charge in [-0.05, 0) is 31.9 Å². The Morgan fingerprint density at radius 3 is 1.62 bits per heavy atom. The first kappa shape index (κ1) is 27.4. The molecule has 2 saturated heterocycles. The number of hydrogen-bond acceptors (Lipinski definition) is 10. The topological polar surface area (TPSA) is 151 Å². The molecule has 0 radical (unpaired) electrons. The van der Waals surface area contributed by atoms with Crippen molar-refractivity contribution in [1.29, 1.82) is 0 Å². The van der Waals surface area contributed by atoms with Gasteiger partial charge in [0.15, 0.2) is 12.4 Å². The van der Waals surface area contributed by atoms with Gasteiger partial charge in [0.25, 0.3) is 0 Å². The van der Waals surface area contributed by atoms with E-state index < -0.39 is 9.85 Å². The van der Waals surface area contributed by atoms with Crippen LogP contribution in [0, 0.1) is 20.2 Å². The molecule has 2 fully saturated rings. The van der Waals surface area contributed by atoms with Gasteiger partial charge in [-0.15, -0.1) is 12.4 Å². The average molecular weight is 489 g/mol. The summed E-state index contributed by atoms with van der Waals surface area (Å²) >= 11 is 5.43. The van der Waals surface area contributed by atoms with E-state index in [9.17, 15) is 20.2 Å². The van der Waals surface area contributed by atoms with Crippen molar-refractivity contribution in [3.8, 4) is 0 Å². The summed E-state index contributed by atoms with van der Waals surface area (Å²) < 4.78 is 0. The second-order valence-electron chi connectivity index (χ2n) is 6.46. The van der Waals surface area contributed by atoms with E-state index in [1.807, 2.05) is 0 Å². The highest BCUT2D eigenvalue weighted by Gasteiger charge is 2.13. The summed E-state index contributed by atoms with van der Waals surface area (Å²) in [4.78, 5) is 28.8. The van der Waals surface area contributed by atoms with Gasteiger partial charge in [-0.25, -0.2) is 0 Å². The largest absolute Gasteiger partial charge is 0.366 e. The number of rotatable bonds is 3. The first-order chi connectivity index (χ1) is 15.0. The molecule has 176 valence electrons. The number of aromatic nitrogens is 2. The van der Waals surface area contributed by atoms with Crippen LogP contribution in [0.15, 0.2) is 36.7 Å². The summed E-state index contributed by atoms with van der Waals surface area (Å²) in [5.41, 5.74) is 0.946. The zero-order valence-corrected chi connectivity index (χ0v) is 18.8. The number of nitrogens with zero attached hydrogens (tertiary/aromatic N) is 5. The Hall–Kier alpha value is -2.64. The lowest BCUT2D eigenvalue weighted by atomic mass is 10.3. The maximum atomic E-state index is 10.4. The number of piperazine rings is 2. The number of pyridine rings is 2. The smallest absolute Gasteiger partial charge is 0.363 e. The Bertz CT molecular complexity index is 805. The molecule has 0 aliphatic carbocycles. The first-order valence-corrected chi connectivity index (χ1v) is 10.1. The fraction of sp³-hybridized carbons (Fsp3) is 0.444. The molecule has 32 heavy (non-hydrogen) atoms. The molecule has 4 heterocycles. The third-order valence-corrected chi connectivity index (χ3v) is 4.48. The van der Waals surface area contributed by atoms with Gasteiger partial charge < -0.3 is 41.1 Å². The first-order valence-electron chi connectivity index (χ1n) is 9.71. The summed E-state index contributed by atoms with van der Waals surface area (Å²) in [6.07, 6.45) is 2.79. The average Bonchev–Trinajstić information content (AvgIpc) is 2.82. The summed E-state index contributed by atoms with van der Waals surface area (Å²) in [6, 6.07) is 5.86. The molecule has 14 heteroatoms. The Labute approximate surface area is 196 Å². The van der Waals surface area contributed by atoms with E-state index in [2.05, 4.69) is 30.8 Å². The predicted molar refractivity (Wildman–Crippen MR) is 125 cm³/mol. The molecular formula is C18H26Cl2N8O4. The van der Waals surface area contributed by atoms with Gasteiger partial charge in [0.2, 0.25) is 0 Å². The van der Waals surface area contributed by atoms with Crippen molar-refractivity contribution in [3.63, 3.8) is 0 Å². The Kier molecular flexibility index (Phi) is 13.0. The maximum absolute atomic E-state index is 10.4. The van der Waals surface area contributed by atoms with E-state index in [0.29, 0.717) is 5.02 Å². The van der Waals surface area contributed by atoms with E-state index in [1.165, 1.54) is 24.4 Å². The third kappa shape index (κ3) is 10.1. The van der Waals surface area contributed by atoms with Crippen molar-refractivity contribution in [2.75, 3.05) is 57.3 Å². The van der Waals surface area contributed by atoms with Crippen LogP contribution in [0.3, 0.4) is 0 Å². The molecule has 0 spiro atoms. The molecule has 2 aliphatic rings. The molecule has 2 aromatic rings. The monoisotopic (exact) mass is 488 g/mol. The minimum Gasteiger partial charge on any atom is -0.366 e. The normalized spacial score (nSPS) is 15.1. The van der Waals surface area contributed by atoms with Gasteiger partial charge in [-0.1, -0.05) is 11.6 Å². The molecule has 0 atom stereocenters. The zero-order valence-electron chi connectivity index (χ0n) is 17.3. The fourth-order valence-corrected chi connectivity index (χ4v) is 2.79. The van der Waals surface area contributed by atoms with Crippen LogP contribution in [0.2, 0.25) is 5.02 Å². The van der Waals surface area contributed by atoms with Crippen molar-refractivity contribution in [3.05, 3.63) is 61.9 Å². The lowest BCUT2D eigenvalue weighted by molar-refractivity contribution is -0.389. The molecule has 0 bridgehead atoms. The van der Waals surface area contributed by atoms with Crippen molar-refractivity contribution in [1.82, 2.24) is 25.9 Å². The van der Waals surface area contributed by atoms with Crippen LogP contribution in [-0.4, -0.2) is 72.2 Å². The lowest BCUT2D eigenvalue weighted by Crippen LogP contribution is -2.43. The van der Waals surface area contributed by atoms with Gasteiger partial charge >= 0.3 is 11.6 Å². The third-order valence-electron chi connectivity index (χ3n) is 4.26. The quantitative estimate of drug-likeness (QED) is 0.429. The van der Waals surface area contributed by atoms with E-state index in [0.717, 1.165) is 58.0 Å². The molecule has 0 aromatic carbocycles. The van der Waals surface area contributed by atoms with Crippen molar-refractivity contribution >= 4 is 41.3 Å². The van der Waals surface area contributed by atoms with E-state index in [-0.39, 0.29) is 24.0 Å². The van der Waals surface area contributed by atoms with Crippen LogP contribution in [0.4, 0.5) is 17.3 Å². The van der Waals surface area contributed by atoms with Crippen LogP contribution in [-0.2, 0) is 0 Å². The van der Waals surface area contributed by atoms with Gasteiger partial charge in [0.1, 0.15) is 0 Å². The molecule has 2 aromatic heterocycles. The van der Waals surface area contributed by atoms with Crippen molar-refractivity contribution < 1.29 is 9.85 Å². The second-order valence-corrected chi connectivity index (χ2v) is 6.90. The van der Waals surface area contributed by atoms with Crippen LogP contribution in [0.1, 0.15) is 0 Å². The Morgan fingerprint density at radius 1 is 0.781 bits per heavy atom. The molecule has 12 nitrogen and oxygen atoms in total. The molecule has 0 unspecified atom stereocenters. The Morgan fingerprint density at radius 2 is 1.25 bits per heavy atom. The lowest BCUT2D eigenvalue weighted by Gasteiger charge is -2.28. The van der Waals surface area contributed by atoms with Crippen LogP contribution < -0.4 is 20.9 Å². The zero-order chi connectivity index (χ0) is 22.5. The van der Waals surface area contributed by atoms with Crippen LogP contribution in [0.5, 0.6) is 0 Å². The molecule has 2 aliphatic heterocycles. The summed E-state index contributed by atoms with van der Waals surface area (Å²) in [6.45, 7) is 8.27. The number of anilines is 1. The molecular weight excluding hydrogens is 463 g/mol. The van der Waals surface area contributed by atoms with E-state index in [4.69, 9.17) is 11.6 Å². The minimum atomic E-state index is -0.573. The van der Waals surface area contributed by atoms with Gasteiger partial charge in [-0.2, -0.15) is 0 Å². The molecule has 0 amide bonds. The molecule has 0 saturated carbocycles. The SMILES string of the molecule is C1CNCCN1.Cl.O=[N+]([O-])c1ccc(Cl)cn1.O=[N+]([O-])c1ccc(N2CCNCC2)cn1. The highest BCUT2D eigenvalue weighted by molar-refractivity contribution is 6.30. The molecule has 3 N–H and O–H groups in total. The summed E-state index contributed by atoms with van der Waals surface area (Å²) in [5.74, 6) is -0.293. The highest BCUT2D eigenvalue weighted by atomic mass is 35.5. The number of nitrogens with one attached hydrogen (secondary N) is 3. The van der Waals surface area contributed by atoms with Gasteiger partial charge in [0, 0.05) is 64.5 Å². The van der Waals surface area contributed by atoms with Gasteiger partial charge in [0.05, 0.1) is 10.7 Å². The highest BCUT2D eigenvalue weighted by Crippen LogP contribution is 2.16. The number of halogens is 2. The van der Waals surface area contributed by atoms with E-state index >= 15 is 0 Å². The molecule has 4 rings (SSSR count). The predicted octanol–water partition coefficient (Wildman–Crippen LogP) is 1.64. The van der Waals surface area contributed by atoms with E-state index in [1.54, 1.807) is 12.3 Å². The summed E-state index contributed by atoms with van der Waals surface area (Å²) in [7, 11) is 0. The van der Waals surface area contributed by atoms with Crippen molar-refractivity contribution in [2.45, 2.75) is 0 Å². The standard InChI is InChI=1S/C9H12N4O2.C5H3ClN2O2.C4H10N2.ClH/c14-13(15)9-2-1-8(7-11-9)12-5-3-10-4-6-12;6-4-1-2-5(7-3-4)8(9)10;1-2-6-4-3-5-1;/h1-2,7,10H,3-6H2;1-3H;5-6H,1-4H2;1H. The van der Waals surface area contributed by atoms with Crippen molar-refractivity contribution in [2.24, 2.45) is 0 Å². The summed E-state index contributed by atoms with van der Waals surface area (Å²) in [5, 5.41) is 30.5. The van der Waals surface area contributed by atoms with Crippen LogP contribution >= 0.6 is 24.0 Å². The minimum absolute atomic E-state index is 0. The maximum Gasteiger partial charge on any atom is 0.363 e.